The van der Waals surface area contributed by atoms with Crippen molar-refractivity contribution in [2.24, 2.45) is 5.92 Å². The molecule has 33 heavy (non-hydrogen) atoms. The third kappa shape index (κ3) is 8.79. The summed E-state index contributed by atoms with van der Waals surface area (Å²) in [4.78, 5) is 27.9. The second kappa shape index (κ2) is 13.5. The van der Waals surface area contributed by atoms with Gasteiger partial charge in [0.1, 0.15) is 17.5 Å². The fourth-order valence-electron chi connectivity index (χ4n) is 3.58. The number of nitrogens with one attached hydrogen (secondary N) is 1. The number of benzene rings is 2. The number of rotatable bonds is 13. The fraction of sp³-hybridized carbons (Fsp3) is 0.481. The highest BCUT2D eigenvalue weighted by molar-refractivity contribution is 5.87. The highest BCUT2D eigenvalue weighted by Gasteiger charge is 2.28. The Bertz CT molecular complexity index is 880. The highest BCUT2D eigenvalue weighted by atomic mass is 16.5. The largest absolute Gasteiger partial charge is 0.497 e. The van der Waals surface area contributed by atoms with Crippen molar-refractivity contribution in [3.8, 4) is 11.5 Å². The van der Waals surface area contributed by atoms with Gasteiger partial charge in [-0.1, -0.05) is 50.6 Å². The molecule has 0 fully saturated rings. The summed E-state index contributed by atoms with van der Waals surface area (Å²) >= 11 is 0. The van der Waals surface area contributed by atoms with E-state index in [-0.39, 0.29) is 11.8 Å². The number of carbonyl (C=O) groups is 2. The minimum Gasteiger partial charge on any atom is -0.497 e. The molecule has 2 aromatic rings. The summed E-state index contributed by atoms with van der Waals surface area (Å²) < 4.78 is 10.9. The van der Waals surface area contributed by atoms with Crippen LogP contribution in [-0.2, 0) is 16.1 Å². The third-order valence-corrected chi connectivity index (χ3v) is 5.37. The molecule has 0 saturated carbocycles. The van der Waals surface area contributed by atoms with Crippen molar-refractivity contribution >= 4 is 11.8 Å². The van der Waals surface area contributed by atoms with E-state index in [0.29, 0.717) is 44.9 Å². The predicted molar refractivity (Wildman–Crippen MR) is 131 cm³/mol. The summed E-state index contributed by atoms with van der Waals surface area (Å²) in [5.74, 6) is 1.72. The molecule has 0 aliphatic carbocycles. The Morgan fingerprint density at radius 3 is 2.36 bits per heavy atom. The number of hydrogen-bond acceptors (Lipinski definition) is 4. The van der Waals surface area contributed by atoms with E-state index in [2.05, 4.69) is 25.2 Å². The zero-order valence-electron chi connectivity index (χ0n) is 20.6. The van der Waals surface area contributed by atoms with E-state index in [9.17, 15) is 9.59 Å². The summed E-state index contributed by atoms with van der Waals surface area (Å²) in [6.07, 6.45) is 1.44. The van der Waals surface area contributed by atoms with E-state index in [0.717, 1.165) is 22.6 Å². The molecule has 2 rings (SSSR count). The molecule has 0 spiro atoms. The Labute approximate surface area is 198 Å². The Morgan fingerprint density at radius 2 is 1.76 bits per heavy atom. The first-order valence-corrected chi connectivity index (χ1v) is 11.7. The van der Waals surface area contributed by atoms with Crippen molar-refractivity contribution < 1.29 is 19.1 Å². The molecule has 1 N–H and O–H groups in total. The maximum atomic E-state index is 13.2. The van der Waals surface area contributed by atoms with Crippen LogP contribution in [0, 0.1) is 12.8 Å². The average Bonchev–Trinajstić information content (AvgIpc) is 2.80. The minimum atomic E-state index is -0.501. The SMILES string of the molecule is CC[C@@H](C(=O)NCC(C)C)N(Cc1cccc(C)c1)C(=O)CCCOc1ccc(OC)cc1. The van der Waals surface area contributed by atoms with Gasteiger partial charge in [-0.25, -0.2) is 0 Å². The summed E-state index contributed by atoms with van der Waals surface area (Å²) in [5.41, 5.74) is 2.15. The van der Waals surface area contributed by atoms with Crippen LogP contribution in [-0.4, -0.2) is 43.0 Å². The van der Waals surface area contributed by atoms with E-state index in [1.165, 1.54) is 0 Å². The van der Waals surface area contributed by atoms with Crippen LogP contribution in [0.1, 0.15) is 51.2 Å². The van der Waals surface area contributed by atoms with Crippen molar-refractivity contribution in [3.05, 3.63) is 59.7 Å². The zero-order valence-corrected chi connectivity index (χ0v) is 20.6. The summed E-state index contributed by atoms with van der Waals surface area (Å²) in [7, 11) is 1.62. The van der Waals surface area contributed by atoms with Crippen molar-refractivity contribution in [2.45, 2.75) is 59.5 Å². The first-order valence-electron chi connectivity index (χ1n) is 11.7. The summed E-state index contributed by atoms with van der Waals surface area (Å²) in [6.45, 7) is 9.51. The number of nitrogens with zero attached hydrogens (tertiary/aromatic N) is 1. The summed E-state index contributed by atoms with van der Waals surface area (Å²) in [5, 5.41) is 3.00. The number of hydrogen-bond donors (Lipinski definition) is 1. The molecule has 0 saturated heterocycles. The molecule has 1 atom stereocenters. The monoisotopic (exact) mass is 454 g/mol. The third-order valence-electron chi connectivity index (χ3n) is 5.37. The van der Waals surface area contributed by atoms with Crippen LogP contribution in [0.15, 0.2) is 48.5 Å². The lowest BCUT2D eigenvalue weighted by atomic mass is 10.1. The Hall–Kier alpha value is -3.02. The lowest BCUT2D eigenvalue weighted by Crippen LogP contribution is -2.49. The zero-order chi connectivity index (χ0) is 24.2. The van der Waals surface area contributed by atoms with Crippen molar-refractivity contribution in [1.82, 2.24) is 10.2 Å². The lowest BCUT2D eigenvalue weighted by Gasteiger charge is -2.31. The van der Waals surface area contributed by atoms with E-state index < -0.39 is 6.04 Å². The first kappa shape index (κ1) is 26.2. The van der Waals surface area contributed by atoms with Gasteiger partial charge >= 0.3 is 0 Å². The Kier molecular flexibility index (Phi) is 10.7. The van der Waals surface area contributed by atoms with Crippen LogP contribution in [0.5, 0.6) is 11.5 Å². The maximum Gasteiger partial charge on any atom is 0.242 e. The molecule has 0 aliphatic rings. The minimum absolute atomic E-state index is 0.0404. The Morgan fingerprint density at radius 1 is 1.06 bits per heavy atom. The number of carbonyl (C=O) groups excluding carboxylic acids is 2. The van der Waals surface area contributed by atoms with E-state index in [1.54, 1.807) is 12.0 Å². The molecular weight excluding hydrogens is 416 g/mol. The van der Waals surface area contributed by atoms with Gasteiger partial charge in [-0.3, -0.25) is 9.59 Å². The van der Waals surface area contributed by atoms with Gasteiger partial charge in [0, 0.05) is 19.5 Å². The normalized spacial score (nSPS) is 11.7. The first-order chi connectivity index (χ1) is 15.8. The number of ether oxygens (including phenoxy) is 2. The van der Waals surface area contributed by atoms with Gasteiger partial charge in [0.05, 0.1) is 13.7 Å². The quantitative estimate of drug-likeness (QED) is 0.444. The van der Waals surface area contributed by atoms with Crippen LogP contribution >= 0.6 is 0 Å². The number of aryl methyl sites for hydroxylation is 1. The maximum absolute atomic E-state index is 13.2. The van der Waals surface area contributed by atoms with E-state index in [4.69, 9.17) is 9.47 Å². The molecule has 180 valence electrons. The molecule has 0 bridgehead atoms. The number of methoxy groups -OCH3 is 1. The van der Waals surface area contributed by atoms with E-state index >= 15 is 0 Å². The Balaban J connectivity index is 2.03. The second-order valence-electron chi connectivity index (χ2n) is 8.70. The summed E-state index contributed by atoms with van der Waals surface area (Å²) in [6, 6.07) is 14.9. The van der Waals surface area contributed by atoms with E-state index in [1.807, 2.05) is 56.3 Å². The smallest absolute Gasteiger partial charge is 0.242 e. The van der Waals surface area contributed by atoms with Crippen molar-refractivity contribution in [1.29, 1.82) is 0 Å². The van der Waals surface area contributed by atoms with Crippen LogP contribution in [0.4, 0.5) is 0 Å². The number of amides is 2. The molecule has 2 aromatic carbocycles. The van der Waals surface area contributed by atoms with Crippen LogP contribution in [0.3, 0.4) is 0 Å². The molecule has 6 nitrogen and oxygen atoms in total. The molecular formula is C27H38N2O4. The van der Waals surface area contributed by atoms with Crippen molar-refractivity contribution in [2.75, 3.05) is 20.3 Å². The topological polar surface area (TPSA) is 67.9 Å². The van der Waals surface area contributed by atoms with Gasteiger partial charge in [-0.15, -0.1) is 0 Å². The fourth-order valence-corrected chi connectivity index (χ4v) is 3.58. The van der Waals surface area contributed by atoms with Gasteiger partial charge in [0.2, 0.25) is 11.8 Å². The van der Waals surface area contributed by atoms with Crippen LogP contribution in [0.25, 0.3) is 0 Å². The van der Waals surface area contributed by atoms with Gasteiger partial charge in [0.15, 0.2) is 0 Å². The molecule has 2 amide bonds. The average molecular weight is 455 g/mol. The van der Waals surface area contributed by atoms with Crippen LogP contribution < -0.4 is 14.8 Å². The van der Waals surface area contributed by atoms with Crippen molar-refractivity contribution in [3.63, 3.8) is 0 Å². The predicted octanol–water partition coefficient (Wildman–Crippen LogP) is 4.74. The van der Waals surface area contributed by atoms with Gasteiger partial charge in [0.25, 0.3) is 0 Å². The molecule has 0 radical (unpaired) electrons. The molecule has 0 heterocycles. The molecule has 0 unspecified atom stereocenters. The second-order valence-corrected chi connectivity index (χ2v) is 8.70. The van der Waals surface area contributed by atoms with Gasteiger partial charge < -0.3 is 19.7 Å². The highest BCUT2D eigenvalue weighted by Crippen LogP contribution is 2.18. The molecule has 0 aliphatic heterocycles. The standard InChI is InChI=1S/C27H38N2O4/c1-6-25(27(31)28-18-20(2)3)29(19-22-10-7-9-21(4)17-22)26(30)11-8-16-33-24-14-12-23(32-5)13-15-24/h7,9-10,12-15,17,20,25H,6,8,11,16,18-19H2,1-5H3,(H,28,31)/t25-/m0/s1. The van der Waals surface area contributed by atoms with Crippen LogP contribution in [0.2, 0.25) is 0 Å². The van der Waals surface area contributed by atoms with Gasteiger partial charge in [-0.2, -0.15) is 0 Å². The lowest BCUT2D eigenvalue weighted by molar-refractivity contribution is -0.141. The molecule has 6 heteroatoms. The molecule has 0 aromatic heterocycles. The van der Waals surface area contributed by atoms with Gasteiger partial charge in [-0.05, 0) is 55.5 Å².